The molecular formula is C12H18O4. The van der Waals surface area contributed by atoms with Gasteiger partial charge in [0, 0.05) is 6.61 Å². The van der Waals surface area contributed by atoms with Crippen LogP contribution in [0.5, 0.6) is 5.75 Å². The number of aromatic hydroxyl groups is 1. The number of ether oxygens (including phenoxy) is 1. The van der Waals surface area contributed by atoms with Gasteiger partial charge in [-0.15, -0.1) is 0 Å². The van der Waals surface area contributed by atoms with E-state index in [4.69, 9.17) is 14.9 Å². The molecule has 4 heteroatoms. The zero-order valence-electron chi connectivity index (χ0n) is 9.64. The molecule has 1 aromatic rings. The Morgan fingerprint density at radius 1 is 1.25 bits per heavy atom. The topological polar surface area (TPSA) is 66.8 Å². The SMILES string of the molecule is CCCOC(=O)c1ccc(O)cc1.CCO. The van der Waals surface area contributed by atoms with Gasteiger partial charge >= 0.3 is 5.97 Å². The van der Waals surface area contributed by atoms with Gasteiger partial charge in [0.05, 0.1) is 12.2 Å². The van der Waals surface area contributed by atoms with Gasteiger partial charge in [-0.25, -0.2) is 4.79 Å². The maximum atomic E-state index is 11.2. The molecule has 0 aliphatic carbocycles. The van der Waals surface area contributed by atoms with E-state index in [2.05, 4.69) is 0 Å². The fraction of sp³-hybridized carbons (Fsp3) is 0.417. The van der Waals surface area contributed by atoms with Crippen LogP contribution in [-0.2, 0) is 4.74 Å². The number of benzene rings is 1. The van der Waals surface area contributed by atoms with Crippen molar-refractivity contribution >= 4 is 5.97 Å². The summed E-state index contributed by atoms with van der Waals surface area (Å²) in [6.07, 6.45) is 0.809. The fourth-order valence-corrected chi connectivity index (χ4v) is 0.876. The maximum absolute atomic E-state index is 11.2. The van der Waals surface area contributed by atoms with Crippen LogP contribution < -0.4 is 0 Å². The lowest BCUT2D eigenvalue weighted by Gasteiger charge is -2.02. The molecule has 0 amide bonds. The third-order valence-corrected chi connectivity index (χ3v) is 1.54. The summed E-state index contributed by atoms with van der Waals surface area (Å²) in [5.41, 5.74) is 0.464. The number of carbonyl (C=O) groups excluding carboxylic acids is 1. The first-order chi connectivity index (χ1) is 7.65. The van der Waals surface area contributed by atoms with E-state index < -0.39 is 0 Å². The molecule has 1 aromatic carbocycles. The van der Waals surface area contributed by atoms with Crippen LogP contribution in [0.2, 0.25) is 0 Å². The number of hydrogen-bond acceptors (Lipinski definition) is 4. The number of carbonyl (C=O) groups is 1. The van der Waals surface area contributed by atoms with Crippen molar-refractivity contribution in [2.75, 3.05) is 13.2 Å². The zero-order valence-corrected chi connectivity index (χ0v) is 9.64. The van der Waals surface area contributed by atoms with Crippen LogP contribution in [0, 0.1) is 0 Å². The molecule has 0 saturated carbocycles. The van der Waals surface area contributed by atoms with Crippen LogP contribution in [0.25, 0.3) is 0 Å². The third kappa shape index (κ3) is 6.03. The molecule has 0 aliphatic rings. The van der Waals surface area contributed by atoms with Crippen molar-refractivity contribution in [3.05, 3.63) is 29.8 Å². The summed E-state index contributed by atoms with van der Waals surface area (Å²) < 4.78 is 4.90. The molecule has 90 valence electrons. The molecule has 0 aliphatic heterocycles. The predicted octanol–water partition coefficient (Wildman–Crippen LogP) is 1.96. The molecule has 0 unspecified atom stereocenters. The van der Waals surface area contributed by atoms with Gasteiger partial charge in [0.25, 0.3) is 0 Å². The first-order valence-electron chi connectivity index (χ1n) is 5.22. The molecule has 4 nitrogen and oxygen atoms in total. The monoisotopic (exact) mass is 226 g/mol. The number of rotatable bonds is 3. The Morgan fingerprint density at radius 2 is 1.75 bits per heavy atom. The van der Waals surface area contributed by atoms with E-state index in [1.807, 2.05) is 6.92 Å². The highest BCUT2D eigenvalue weighted by Gasteiger charge is 2.05. The van der Waals surface area contributed by atoms with Gasteiger partial charge in [0.15, 0.2) is 0 Å². The molecule has 0 radical (unpaired) electrons. The molecule has 0 saturated heterocycles. The van der Waals surface area contributed by atoms with Gasteiger partial charge in [-0.05, 0) is 37.6 Å². The lowest BCUT2D eigenvalue weighted by atomic mass is 10.2. The first-order valence-corrected chi connectivity index (χ1v) is 5.22. The molecule has 0 spiro atoms. The van der Waals surface area contributed by atoms with Gasteiger partial charge in [-0.3, -0.25) is 0 Å². The van der Waals surface area contributed by atoms with Gasteiger partial charge in [-0.1, -0.05) is 6.92 Å². The Balaban J connectivity index is 0.000000673. The second kappa shape index (κ2) is 8.73. The number of esters is 1. The van der Waals surface area contributed by atoms with Gasteiger partial charge in [0.1, 0.15) is 5.75 Å². The highest BCUT2D eigenvalue weighted by atomic mass is 16.5. The quantitative estimate of drug-likeness (QED) is 0.773. The van der Waals surface area contributed by atoms with Crippen molar-refractivity contribution < 1.29 is 19.7 Å². The number of aliphatic hydroxyl groups is 1. The van der Waals surface area contributed by atoms with Crippen LogP contribution >= 0.6 is 0 Å². The molecule has 0 fully saturated rings. The highest BCUT2D eigenvalue weighted by molar-refractivity contribution is 5.89. The summed E-state index contributed by atoms with van der Waals surface area (Å²) in [5.74, 6) is -0.200. The summed E-state index contributed by atoms with van der Waals surface area (Å²) in [5, 5.41) is 16.5. The molecule has 0 bridgehead atoms. The Kier molecular flexibility index (Phi) is 7.89. The normalized spacial score (nSPS) is 8.94. The van der Waals surface area contributed by atoms with Crippen molar-refractivity contribution in [1.29, 1.82) is 0 Å². The van der Waals surface area contributed by atoms with Crippen LogP contribution in [0.1, 0.15) is 30.6 Å². The van der Waals surface area contributed by atoms with E-state index in [0.29, 0.717) is 12.2 Å². The number of phenols is 1. The van der Waals surface area contributed by atoms with Gasteiger partial charge in [0.2, 0.25) is 0 Å². The van der Waals surface area contributed by atoms with E-state index in [0.717, 1.165) is 6.42 Å². The van der Waals surface area contributed by atoms with Crippen LogP contribution in [-0.4, -0.2) is 29.4 Å². The second-order valence-corrected chi connectivity index (χ2v) is 3.00. The Hall–Kier alpha value is -1.55. The van der Waals surface area contributed by atoms with Crippen molar-refractivity contribution in [1.82, 2.24) is 0 Å². The molecular weight excluding hydrogens is 208 g/mol. The minimum Gasteiger partial charge on any atom is -0.508 e. The van der Waals surface area contributed by atoms with Gasteiger partial charge in [-0.2, -0.15) is 0 Å². The summed E-state index contributed by atoms with van der Waals surface area (Å²) in [6.45, 7) is 4.30. The van der Waals surface area contributed by atoms with Crippen LogP contribution in [0.3, 0.4) is 0 Å². The average molecular weight is 226 g/mol. The van der Waals surface area contributed by atoms with Crippen molar-refractivity contribution in [2.45, 2.75) is 20.3 Å². The van der Waals surface area contributed by atoms with E-state index in [1.165, 1.54) is 24.3 Å². The smallest absolute Gasteiger partial charge is 0.338 e. The summed E-state index contributed by atoms with van der Waals surface area (Å²) in [7, 11) is 0. The van der Waals surface area contributed by atoms with Gasteiger partial charge < -0.3 is 14.9 Å². The molecule has 0 heterocycles. The number of hydrogen-bond donors (Lipinski definition) is 2. The Bertz CT molecular complexity index is 292. The summed E-state index contributed by atoms with van der Waals surface area (Å²) in [4.78, 5) is 11.2. The van der Waals surface area contributed by atoms with Crippen LogP contribution in [0.15, 0.2) is 24.3 Å². The van der Waals surface area contributed by atoms with E-state index in [1.54, 1.807) is 6.92 Å². The van der Waals surface area contributed by atoms with Crippen LogP contribution in [0.4, 0.5) is 0 Å². The minimum atomic E-state index is -0.346. The minimum absolute atomic E-state index is 0.145. The predicted molar refractivity (Wildman–Crippen MR) is 61.4 cm³/mol. The Morgan fingerprint density at radius 3 is 2.19 bits per heavy atom. The fourth-order valence-electron chi connectivity index (χ4n) is 0.876. The van der Waals surface area contributed by atoms with Crippen molar-refractivity contribution in [3.8, 4) is 5.75 Å². The molecule has 1 rings (SSSR count). The molecule has 0 aromatic heterocycles. The zero-order chi connectivity index (χ0) is 12.4. The third-order valence-electron chi connectivity index (χ3n) is 1.54. The Labute approximate surface area is 95.5 Å². The maximum Gasteiger partial charge on any atom is 0.338 e. The molecule has 0 atom stereocenters. The summed E-state index contributed by atoms with van der Waals surface area (Å²) >= 11 is 0. The van der Waals surface area contributed by atoms with E-state index in [9.17, 15) is 4.79 Å². The standard InChI is InChI=1S/C10H12O3.C2H6O/c1-2-7-13-10(12)8-3-5-9(11)6-4-8;1-2-3/h3-6,11H,2,7H2,1H3;3H,2H2,1H3. The number of phenolic OH excluding ortho intramolecular Hbond substituents is 1. The number of aliphatic hydroxyl groups excluding tert-OH is 1. The highest BCUT2D eigenvalue weighted by Crippen LogP contribution is 2.10. The lowest BCUT2D eigenvalue weighted by molar-refractivity contribution is 0.0505. The molecule has 16 heavy (non-hydrogen) atoms. The first kappa shape index (κ1) is 14.5. The average Bonchev–Trinajstić information content (AvgIpc) is 2.28. The largest absolute Gasteiger partial charge is 0.508 e. The van der Waals surface area contributed by atoms with Crippen molar-refractivity contribution in [2.24, 2.45) is 0 Å². The lowest BCUT2D eigenvalue weighted by Crippen LogP contribution is -2.05. The second-order valence-electron chi connectivity index (χ2n) is 3.00. The molecule has 2 N–H and O–H groups in total. The van der Waals surface area contributed by atoms with Crippen molar-refractivity contribution in [3.63, 3.8) is 0 Å². The van der Waals surface area contributed by atoms with E-state index >= 15 is 0 Å². The summed E-state index contributed by atoms with van der Waals surface area (Å²) in [6, 6.07) is 5.99. The van der Waals surface area contributed by atoms with E-state index in [-0.39, 0.29) is 18.3 Å².